The van der Waals surface area contributed by atoms with Crippen molar-refractivity contribution in [2.75, 3.05) is 13.2 Å². The van der Waals surface area contributed by atoms with Crippen LogP contribution in [0.3, 0.4) is 0 Å². The van der Waals surface area contributed by atoms with Gasteiger partial charge >= 0.3 is 0 Å². The van der Waals surface area contributed by atoms with Gasteiger partial charge in [-0.2, -0.15) is 0 Å². The van der Waals surface area contributed by atoms with Crippen LogP contribution >= 0.6 is 15.9 Å². The lowest BCUT2D eigenvalue weighted by Crippen LogP contribution is -2.45. The quantitative estimate of drug-likeness (QED) is 0.923. The predicted molar refractivity (Wildman–Crippen MR) is 67.7 cm³/mol. The molecule has 1 aliphatic carbocycles. The van der Waals surface area contributed by atoms with Gasteiger partial charge in [-0.3, -0.25) is 4.79 Å². The van der Waals surface area contributed by atoms with Crippen LogP contribution in [0.4, 0.5) is 0 Å². The zero-order valence-electron chi connectivity index (χ0n) is 9.47. The average molecular weight is 299 g/mol. The van der Waals surface area contributed by atoms with Crippen LogP contribution in [-0.2, 0) is 0 Å². The van der Waals surface area contributed by atoms with E-state index >= 15 is 0 Å². The molecule has 5 heteroatoms. The Morgan fingerprint density at radius 1 is 1.53 bits per heavy atom. The van der Waals surface area contributed by atoms with Crippen LogP contribution in [0.15, 0.2) is 22.8 Å². The van der Waals surface area contributed by atoms with Gasteiger partial charge in [0, 0.05) is 23.3 Å². The fourth-order valence-electron chi connectivity index (χ4n) is 1.91. The van der Waals surface area contributed by atoms with Gasteiger partial charge in [-0.1, -0.05) is 0 Å². The normalized spacial score (nSPS) is 15.4. The molecule has 0 unspecified atom stereocenters. The van der Waals surface area contributed by atoms with Gasteiger partial charge in [0.15, 0.2) is 0 Å². The van der Waals surface area contributed by atoms with Crippen molar-refractivity contribution in [3.63, 3.8) is 0 Å². The van der Waals surface area contributed by atoms with Gasteiger partial charge in [-0.25, -0.2) is 4.98 Å². The molecular weight excluding hydrogens is 284 g/mol. The van der Waals surface area contributed by atoms with Crippen molar-refractivity contribution in [3.8, 4) is 0 Å². The number of carbonyl (C=O) groups excluding carboxylic acids is 1. The summed E-state index contributed by atoms with van der Waals surface area (Å²) in [6, 6.07) is 3.79. The van der Waals surface area contributed by atoms with Crippen LogP contribution in [0.1, 0.15) is 29.8 Å². The standard InChI is InChI=1S/C12H15BrN2O2/c13-9-4-5-11(14-8-9)12(17)15(6-7-16)10-2-1-3-10/h4-5,8,10,16H,1-3,6-7H2. The minimum absolute atomic E-state index is 0.00122. The van der Waals surface area contributed by atoms with Gasteiger partial charge in [0.05, 0.1) is 6.61 Å². The van der Waals surface area contributed by atoms with Crippen LogP contribution in [0.25, 0.3) is 0 Å². The maximum absolute atomic E-state index is 12.2. The van der Waals surface area contributed by atoms with Crippen LogP contribution in [0.5, 0.6) is 0 Å². The number of nitrogens with zero attached hydrogens (tertiary/aromatic N) is 2. The number of hydrogen-bond donors (Lipinski definition) is 1. The van der Waals surface area contributed by atoms with E-state index < -0.39 is 0 Å². The number of halogens is 1. The van der Waals surface area contributed by atoms with E-state index in [0.29, 0.717) is 12.2 Å². The van der Waals surface area contributed by atoms with E-state index in [-0.39, 0.29) is 18.6 Å². The molecule has 0 atom stereocenters. The highest BCUT2D eigenvalue weighted by atomic mass is 79.9. The first-order chi connectivity index (χ1) is 8.22. The van der Waals surface area contributed by atoms with Gasteiger partial charge in [0.2, 0.25) is 0 Å². The van der Waals surface area contributed by atoms with Crippen LogP contribution in [0.2, 0.25) is 0 Å². The maximum atomic E-state index is 12.2. The molecule has 1 fully saturated rings. The van der Waals surface area contributed by atoms with Crippen molar-refractivity contribution < 1.29 is 9.90 Å². The molecule has 1 saturated carbocycles. The SMILES string of the molecule is O=C(c1ccc(Br)cn1)N(CCO)C1CCC1. The molecule has 0 aromatic carbocycles. The highest BCUT2D eigenvalue weighted by Gasteiger charge is 2.29. The lowest BCUT2D eigenvalue weighted by Gasteiger charge is -2.37. The molecule has 0 radical (unpaired) electrons. The Hall–Kier alpha value is -0.940. The molecule has 1 aromatic rings. The molecule has 0 saturated heterocycles. The third-order valence-corrected chi connectivity index (χ3v) is 3.53. The fourth-order valence-corrected chi connectivity index (χ4v) is 2.14. The summed E-state index contributed by atoms with van der Waals surface area (Å²) in [7, 11) is 0. The smallest absolute Gasteiger partial charge is 0.272 e. The van der Waals surface area contributed by atoms with Gasteiger partial charge in [-0.15, -0.1) is 0 Å². The Balaban J connectivity index is 2.12. The second-order valence-corrected chi connectivity index (χ2v) is 5.08. The minimum Gasteiger partial charge on any atom is -0.395 e. The van der Waals surface area contributed by atoms with Crippen LogP contribution in [0, 0.1) is 0 Å². The molecule has 0 bridgehead atoms. The molecule has 1 aromatic heterocycles. The number of carbonyl (C=O) groups is 1. The van der Waals surface area contributed by atoms with Gasteiger partial charge < -0.3 is 10.0 Å². The van der Waals surface area contributed by atoms with E-state index in [0.717, 1.165) is 23.7 Å². The molecule has 1 amide bonds. The highest BCUT2D eigenvalue weighted by Crippen LogP contribution is 2.25. The summed E-state index contributed by atoms with van der Waals surface area (Å²) in [5, 5.41) is 9.02. The Bertz CT molecular complexity index is 390. The van der Waals surface area contributed by atoms with E-state index in [1.165, 1.54) is 0 Å². The van der Waals surface area contributed by atoms with Crippen molar-refractivity contribution in [1.82, 2.24) is 9.88 Å². The minimum atomic E-state index is -0.0868. The number of aliphatic hydroxyl groups is 1. The Morgan fingerprint density at radius 2 is 2.29 bits per heavy atom. The van der Waals surface area contributed by atoms with Crippen LogP contribution < -0.4 is 0 Å². The molecule has 1 aliphatic rings. The lowest BCUT2D eigenvalue weighted by molar-refractivity contribution is 0.0520. The number of amides is 1. The van der Waals surface area contributed by atoms with Crippen molar-refractivity contribution in [3.05, 3.63) is 28.5 Å². The molecular formula is C12H15BrN2O2. The van der Waals surface area contributed by atoms with Crippen LogP contribution in [-0.4, -0.2) is 40.1 Å². The molecule has 2 rings (SSSR count). The van der Waals surface area contributed by atoms with Gasteiger partial charge in [0.25, 0.3) is 5.91 Å². The fraction of sp³-hybridized carbons (Fsp3) is 0.500. The molecule has 1 heterocycles. The number of aliphatic hydroxyl groups excluding tert-OH is 1. The van der Waals surface area contributed by atoms with E-state index in [9.17, 15) is 4.79 Å². The van der Waals surface area contributed by atoms with E-state index in [4.69, 9.17) is 5.11 Å². The molecule has 0 aliphatic heterocycles. The summed E-state index contributed by atoms with van der Waals surface area (Å²) >= 11 is 3.29. The number of pyridine rings is 1. The monoisotopic (exact) mass is 298 g/mol. The summed E-state index contributed by atoms with van der Waals surface area (Å²) in [4.78, 5) is 18.1. The third kappa shape index (κ3) is 2.84. The molecule has 17 heavy (non-hydrogen) atoms. The first-order valence-corrected chi connectivity index (χ1v) is 6.55. The topological polar surface area (TPSA) is 53.4 Å². The molecule has 92 valence electrons. The first-order valence-electron chi connectivity index (χ1n) is 5.76. The lowest BCUT2D eigenvalue weighted by atomic mass is 9.91. The number of rotatable bonds is 4. The van der Waals surface area contributed by atoms with E-state index in [1.807, 2.05) is 0 Å². The Morgan fingerprint density at radius 3 is 2.76 bits per heavy atom. The Labute approximate surface area is 109 Å². The molecule has 4 nitrogen and oxygen atoms in total. The van der Waals surface area contributed by atoms with E-state index in [2.05, 4.69) is 20.9 Å². The summed E-state index contributed by atoms with van der Waals surface area (Å²) in [5.41, 5.74) is 0.438. The third-order valence-electron chi connectivity index (χ3n) is 3.06. The number of aromatic nitrogens is 1. The van der Waals surface area contributed by atoms with Gasteiger partial charge in [0.1, 0.15) is 5.69 Å². The first kappa shape index (κ1) is 12.5. The second-order valence-electron chi connectivity index (χ2n) is 4.17. The van der Waals surface area contributed by atoms with Crippen molar-refractivity contribution in [2.45, 2.75) is 25.3 Å². The summed E-state index contributed by atoms with van der Waals surface area (Å²) in [5.74, 6) is -0.0868. The highest BCUT2D eigenvalue weighted by molar-refractivity contribution is 9.10. The van der Waals surface area contributed by atoms with E-state index in [1.54, 1.807) is 23.2 Å². The second kappa shape index (κ2) is 5.60. The largest absolute Gasteiger partial charge is 0.395 e. The maximum Gasteiger partial charge on any atom is 0.272 e. The number of hydrogen-bond acceptors (Lipinski definition) is 3. The zero-order chi connectivity index (χ0) is 12.3. The average Bonchev–Trinajstić information content (AvgIpc) is 2.26. The zero-order valence-corrected chi connectivity index (χ0v) is 11.1. The molecule has 0 spiro atoms. The predicted octanol–water partition coefficient (Wildman–Crippen LogP) is 1.83. The summed E-state index contributed by atoms with van der Waals surface area (Å²) in [6.45, 7) is 0.389. The Kier molecular flexibility index (Phi) is 4.12. The summed E-state index contributed by atoms with van der Waals surface area (Å²) < 4.78 is 0.853. The van der Waals surface area contributed by atoms with Crippen molar-refractivity contribution >= 4 is 21.8 Å². The van der Waals surface area contributed by atoms with Gasteiger partial charge in [-0.05, 0) is 47.3 Å². The van der Waals surface area contributed by atoms with Crippen molar-refractivity contribution in [1.29, 1.82) is 0 Å². The summed E-state index contributed by atoms with van der Waals surface area (Å²) in [6.07, 6.45) is 4.84. The molecule has 1 N–H and O–H groups in total. The van der Waals surface area contributed by atoms with Crippen molar-refractivity contribution in [2.24, 2.45) is 0 Å².